The number of allylic oxidation sites excluding steroid dienone is 2. The zero-order chi connectivity index (χ0) is 16.3. The Labute approximate surface area is 132 Å². The molecule has 0 saturated heterocycles. The second-order valence-corrected chi connectivity index (χ2v) is 7.30. The monoisotopic (exact) mass is 308 g/mol. The number of carboxylic acid groups (broad SMARTS) is 1. The number of rotatable bonds is 4. The number of ether oxygens (including phenoxy) is 1. The van der Waals surface area contributed by atoms with Crippen LogP contribution < -0.4 is 0 Å². The van der Waals surface area contributed by atoms with Gasteiger partial charge in [0.2, 0.25) is 0 Å². The number of carbonyl (C=O) groups is 2. The van der Waals surface area contributed by atoms with Gasteiger partial charge in [0, 0.05) is 0 Å². The van der Waals surface area contributed by atoms with Gasteiger partial charge in [-0.1, -0.05) is 39.3 Å². The smallest absolute Gasteiger partial charge is 0.310 e. The molecule has 0 spiro atoms. The van der Waals surface area contributed by atoms with E-state index >= 15 is 0 Å². The van der Waals surface area contributed by atoms with Crippen LogP contribution in [0.2, 0.25) is 0 Å². The van der Waals surface area contributed by atoms with Crippen molar-refractivity contribution in [1.29, 1.82) is 0 Å². The summed E-state index contributed by atoms with van der Waals surface area (Å²) < 4.78 is 5.82. The summed E-state index contributed by atoms with van der Waals surface area (Å²) >= 11 is 0. The van der Waals surface area contributed by atoms with Crippen LogP contribution in [0.3, 0.4) is 0 Å². The Hall–Kier alpha value is -1.32. The van der Waals surface area contributed by atoms with Crippen molar-refractivity contribution in [3.8, 4) is 0 Å². The van der Waals surface area contributed by atoms with Crippen LogP contribution in [0, 0.1) is 29.6 Å². The van der Waals surface area contributed by atoms with Crippen LogP contribution in [0.25, 0.3) is 0 Å². The van der Waals surface area contributed by atoms with Gasteiger partial charge in [-0.25, -0.2) is 0 Å². The minimum atomic E-state index is -0.899. The van der Waals surface area contributed by atoms with Gasteiger partial charge in [0.1, 0.15) is 6.10 Å². The minimum Gasteiger partial charge on any atom is -0.481 e. The van der Waals surface area contributed by atoms with Gasteiger partial charge < -0.3 is 9.84 Å². The fraction of sp³-hybridized carbons (Fsp3) is 0.778. The van der Waals surface area contributed by atoms with E-state index in [9.17, 15) is 14.7 Å². The van der Waals surface area contributed by atoms with Gasteiger partial charge in [-0.15, -0.1) is 0 Å². The van der Waals surface area contributed by atoms with Crippen molar-refractivity contribution in [2.45, 2.75) is 59.0 Å². The molecule has 0 aromatic rings. The van der Waals surface area contributed by atoms with Crippen molar-refractivity contribution in [1.82, 2.24) is 0 Å². The molecule has 4 nitrogen and oxygen atoms in total. The Balaban J connectivity index is 2.05. The third kappa shape index (κ3) is 3.90. The van der Waals surface area contributed by atoms with Crippen molar-refractivity contribution >= 4 is 11.9 Å². The molecule has 0 bridgehead atoms. The number of esters is 1. The van der Waals surface area contributed by atoms with E-state index in [4.69, 9.17) is 4.74 Å². The second-order valence-electron chi connectivity index (χ2n) is 7.30. The molecule has 1 fully saturated rings. The van der Waals surface area contributed by atoms with Gasteiger partial charge in [-0.2, -0.15) is 0 Å². The summed E-state index contributed by atoms with van der Waals surface area (Å²) in [6.45, 7) is 6.54. The molecule has 0 heterocycles. The summed E-state index contributed by atoms with van der Waals surface area (Å²) in [7, 11) is 0. The van der Waals surface area contributed by atoms with Crippen LogP contribution in [-0.4, -0.2) is 23.1 Å². The first-order chi connectivity index (χ1) is 10.4. The largest absolute Gasteiger partial charge is 0.481 e. The Morgan fingerprint density at radius 2 is 1.77 bits per heavy atom. The van der Waals surface area contributed by atoms with Crippen LogP contribution in [0.5, 0.6) is 0 Å². The van der Waals surface area contributed by atoms with E-state index in [-0.39, 0.29) is 12.1 Å². The third-order valence-electron chi connectivity index (χ3n) is 5.28. The number of hydrogen-bond acceptors (Lipinski definition) is 3. The van der Waals surface area contributed by atoms with E-state index in [1.165, 1.54) is 6.42 Å². The Kier molecular flexibility index (Phi) is 5.65. The molecule has 0 unspecified atom stereocenters. The molecular weight excluding hydrogens is 280 g/mol. The minimum absolute atomic E-state index is 0.0587. The number of carbonyl (C=O) groups excluding carboxylic acids is 1. The lowest BCUT2D eigenvalue weighted by atomic mass is 9.75. The molecular formula is C18H28O4. The van der Waals surface area contributed by atoms with Crippen LogP contribution in [0.15, 0.2) is 12.2 Å². The van der Waals surface area contributed by atoms with Crippen LogP contribution in [0.1, 0.15) is 52.9 Å². The maximum absolute atomic E-state index is 12.5. The first kappa shape index (κ1) is 17.0. The Bertz CT molecular complexity index is 440. The van der Waals surface area contributed by atoms with Crippen molar-refractivity contribution in [3.05, 3.63) is 12.2 Å². The molecule has 4 heteroatoms. The fourth-order valence-electron chi connectivity index (χ4n) is 3.83. The van der Waals surface area contributed by atoms with Crippen molar-refractivity contribution in [2.75, 3.05) is 0 Å². The summed E-state index contributed by atoms with van der Waals surface area (Å²) in [5, 5.41) is 9.30. The van der Waals surface area contributed by atoms with Crippen molar-refractivity contribution < 1.29 is 19.4 Å². The molecule has 0 aromatic carbocycles. The maximum Gasteiger partial charge on any atom is 0.310 e. The van der Waals surface area contributed by atoms with E-state index in [2.05, 4.69) is 20.8 Å². The molecule has 2 aliphatic rings. The molecule has 1 N–H and O–H groups in total. The van der Waals surface area contributed by atoms with Gasteiger partial charge in [0.15, 0.2) is 0 Å². The lowest BCUT2D eigenvalue weighted by molar-refractivity contribution is -0.167. The number of aliphatic carboxylic acids is 1. The molecule has 5 atom stereocenters. The van der Waals surface area contributed by atoms with Crippen LogP contribution >= 0.6 is 0 Å². The van der Waals surface area contributed by atoms with E-state index in [1.807, 2.05) is 12.2 Å². The predicted octanol–water partition coefficient (Wildman–Crippen LogP) is 3.66. The highest BCUT2D eigenvalue weighted by Crippen LogP contribution is 2.37. The zero-order valence-corrected chi connectivity index (χ0v) is 13.8. The molecule has 2 aliphatic carbocycles. The first-order valence-corrected chi connectivity index (χ1v) is 8.48. The summed E-state index contributed by atoms with van der Waals surface area (Å²) in [4.78, 5) is 23.9. The predicted molar refractivity (Wildman–Crippen MR) is 84.2 cm³/mol. The van der Waals surface area contributed by atoms with Crippen LogP contribution in [-0.2, 0) is 14.3 Å². The quantitative estimate of drug-likeness (QED) is 0.636. The molecule has 124 valence electrons. The van der Waals surface area contributed by atoms with Crippen molar-refractivity contribution in [3.63, 3.8) is 0 Å². The van der Waals surface area contributed by atoms with E-state index < -0.39 is 17.8 Å². The van der Waals surface area contributed by atoms with E-state index in [0.717, 1.165) is 12.8 Å². The maximum atomic E-state index is 12.5. The van der Waals surface area contributed by atoms with Crippen molar-refractivity contribution in [2.24, 2.45) is 29.6 Å². The average Bonchev–Trinajstić information content (AvgIpc) is 2.46. The van der Waals surface area contributed by atoms with Crippen LogP contribution in [0.4, 0.5) is 0 Å². The Morgan fingerprint density at radius 3 is 2.36 bits per heavy atom. The second kappa shape index (κ2) is 7.30. The molecule has 0 amide bonds. The Morgan fingerprint density at radius 1 is 1.14 bits per heavy atom. The first-order valence-electron chi connectivity index (χ1n) is 8.48. The molecule has 0 radical (unpaired) electrons. The van der Waals surface area contributed by atoms with E-state index in [1.54, 1.807) is 0 Å². The topological polar surface area (TPSA) is 63.6 Å². The summed E-state index contributed by atoms with van der Waals surface area (Å²) in [6.07, 6.45) is 7.75. The zero-order valence-electron chi connectivity index (χ0n) is 13.8. The number of hydrogen-bond donors (Lipinski definition) is 1. The lowest BCUT2D eigenvalue weighted by Gasteiger charge is -2.37. The highest BCUT2D eigenvalue weighted by Gasteiger charge is 2.39. The SMILES string of the molecule is CC(C)[C@@H]1CC[C@@H](C)C[C@H]1OC(=O)[C@H]1CC=CC[C@@H]1C(=O)O. The van der Waals surface area contributed by atoms with Gasteiger partial charge in [0.05, 0.1) is 11.8 Å². The summed E-state index contributed by atoms with van der Waals surface area (Å²) in [5.41, 5.74) is 0. The van der Waals surface area contributed by atoms with Gasteiger partial charge in [-0.05, 0) is 43.4 Å². The van der Waals surface area contributed by atoms with Gasteiger partial charge >= 0.3 is 11.9 Å². The van der Waals surface area contributed by atoms with Gasteiger partial charge in [-0.3, -0.25) is 9.59 Å². The standard InChI is InChI=1S/C18H28O4/c1-11(2)13-9-8-12(3)10-16(13)22-18(21)15-7-5-4-6-14(15)17(19)20/h4-5,11-16H,6-10H2,1-3H3,(H,19,20)/t12-,13+,14+,15+,16-/m1/s1. The average molecular weight is 308 g/mol. The normalized spacial score (nSPS) is 35.4. The number of carboxylic acids is 1. The third-order valence-corrected chi connectivity index (χ3v) is 5.28. The highest BCUT2D eigenvalue weighted by atomic mass is 16.5. The molecule has 22 heavy (non-hydrogen) atoms. The molecule has 0 aromatic heterocycles. The lowest BCUT2D eigenvalue weighted by Crippen LogP contribution is -2.40. The molecule has 2 rings (SSSR count). The summed E-state index contributed by atoms with van der Waals surface area (Å²) in [5.74, 6) is -0.961. The van der Waals surface area contributed by atoms with Gasteiger partial charge in [0.25, 0.3) is 0 Å². The molecule has 1 saturated carbocycles. The summed E-state index contributed by atoms with van der Waals surface area (Å²) in [6, 6.07) is 0. The molecule has 0 aliphatic heterocycles. The fourth-order valence-corrected chi connectivity index (χ4v) is 3.83. The van der Waals surface area contributed by atoms with E-state index in [0.29, 0.717) is 30.6 Å². The highest BCUT2D eigenvalue weighted by molar-refractivity contribution is 5.81.